The van der Waals surface area contributed by atoms with E-state index in [1.54, 1.807) is 12.1 Å². The summed E-state index contributed by atoms with van der Waals surface area (Å²) >= 11 is 0. The highest BCUT2D eigenvalue weighted by Crippen LogP contribution is 2.21. The van der Waals surface area contributed by atoms with E-state index in [2.05, 4.69) is 5.32 Å². The van der Waals surface area contributed by atoms with Crippen molar-refractivity contribution in [1.82, 2.24) is 5.32 Å². The number of carbonyl (C=O) groups is 2. The Hall–Kier alpha value is -1.88. The lowest BCUT2D eigenvalue weighted by Crippen LogP contribution is -2.52. The van der Waals surface area contributed by atoms with E-state index in [9.17, 15) is 14.7 Å². The molecule has 0 bridgehead atoms. The average Bonchev–Trinajstić information content (AvgIpc) is 2.85. The van der Waals surface area contributed by atoms with Gasteiger partial charge in [-0.2, -0.15) is 0 Å². The average molecular weight is 277 g/mol. The van der Waals surface area contributed by atoms with Crippen LogP contribution in [0.25, 0.3) is 0 Å². The number of carbonyl (C=O) groups excluding carboxylic acids is 1. The quantitative estimate of drug-likeness (QED) is 0.864. The fourth-order valence-electron chi connectivity index (χ4n) is 2.36. The number of carboxylic acids is 1. The van der Waals surface area contributed by atoms with Crippen LogP contribution in [0.2, 0.25) is 0 Å². The molecule has 1 aliphatic rings. The number of nitrogens with one attached hydrogen (secondary N) is 1. The Balaban J connectivity index is 2.17. The Kier molecular flexibility index (Phi) is 4.09. The molecule has 0 spiro atoms. The molecule has 0 radical (unpaired) electrons. The van der Waals surface area contributed by atoms with Crippen molar-refractivity contribution in [3.63, 3.8) is 0 Å². The van der Waals surface area contributed by atoms with E-state index in [4.69, 9.17) is 4.74 Å². The first-order valence-electron chi connectivity index (χ1n) is 6.72. The summed E-state index contributed by atoms with van der Waals surface area (Å²) in [5, 5.41) is 11.9. The standard InChI is InChI=1S/C15H19NO4/c1-3-6-15(2,14(18)19)16-13(17)10-4-5-11-8-20-9-12(11)7-10/h4-5,7H,3,6,8-9H2,1-2H3,(H,16,17)(H,18,19). The molecule has 1 amide bonds. The number of carboxylic acid groups (broad SMARTS) is 1. The number of aliphatic carboxylic acids is 1. The molecule has 5 heteroatoms. The van der Waals surface area contributed by atoms with Crippen molar-refractivity contribution in [3.05, 3.63) is 34.9 Å². The summed E-state index contributed by atoms with van der Waals surface area (Å²) in [7, 11) is 0. The Morgan fingerprint density at radius 2 is 2.05 bits per heavy atom. The molecule has 0 saturated heterocycles. The third-order valence-corrected chi connectivity index (χ3v) is 3.60. The van der Waals surface area contributed by atoms with Gasteiger partial charge in [0.25, 0.3) is 5.91 Å². The van der Waals surface area contributed by atoms with Gasteiger partial charge in [0.05, 0.1) is 13.2 Å². The predicted octanol–water partition coefficient (Wildman–Crippen LogP) is 2.09. The molecule has 1 atom stereocenters. The first-order valence-corrected chi connectivity index (χ1v) is 6.72. The van der Waals surface area contributed by atoms with E-state index in [1.165, 1.54) is 6.92 Å². The van der Waals surface area contributed by atoms with Crippen LogP contribution in [0.3, 0.4) is 0 Å². The van der Waals surface area contributed by atoms with Crippen LogP contribution in [0, 0.1) is 0 Å². The van der Waals surface area contributed by atoms with Gasteiger partial charge in [0.1, 0.15) is 5.54 Å². The number of ether oxygens (including phenoxy) is 1. The number of amides is 1. The molecule has 2 N–H and O–H groups in total. The molecule has 1 aromatic carbocycles. The molecule has 1 heterocycles. The summed E-state index contributed by atoms with van der Waals surface area (Å²) in [6.07, 6.45) is 1.07. The second kappa shape index (κ2) is 5.63. The minimum atomic E-state index is -1.23. The van der Waals surface area contributed by atoms with Crippen molar-refractivity contribution in [2.75, 3.05) is 0 Å². The zero-order valence-corrected chi connectivity index (χ0v) is 11.7. The SMILES string of the molecule is CCCC(C)(NC(=O)c1ccc2c(c1)COC2)C(=O)O. The first-order chi connectivity index (χ1) is 9.46. The number of hydrogen-bond acceptors (Lipinski definition) is 3. The van der Waals surface area contributed by atoms with Crippen molar-refractivity contribution < 1.29 is 19.4 Å². The van der Waals surface area contributed by atoms with Gasteiger partial charge in [-0.05, 0) is 36.6 Å². The number of hydrogen-bond donors (Lipinski definition) is 2. The lowest BCUT2D eigenvalue weighted by Gasteiger charge is -2.25. The van der Waals surface area contributed by atoms with E-state index in [0.29, 0.717) is 31.6 Å². The largest absolute Gasteiger partial charge is 0.480 e. The molecule has 1 aromatic rings. The minimum absolute atomic E-state index is 0.363. The molecule has 20 heavy (non-hydrogen) atoms. The Bertz CT molecular complexity index is 541. The molecular formula is C15H19NO4. The lowest BCUT2D eigenvalue weighted by atomic mass is 9.95. The molecule has 2 rings (SSSR count). The van der Waals surface area contributed by atoms with Gasteiger partial charge in [0.15, 0.2) is 0 Å². The van der Waals surface area contributed by atoms with E-state index in [-0.39, 0.29) is 5.91 Å². The van der Waals surface area contributed by atoms with Crippen LogP contribution < -0.4 is 5.32 Å². The fraction of sp³-hybridized carbons (Fsp3) is 0.467. The van der Waals surface area contributed by atoms with Gasteiger partial charge in [-0.1, -0.05) is 19.4 Å². The molecular weight excluding hydrogens is 258 g/mol. The van der Waals surface area contributed by atoms with Gasteiger partial charge in [0, 0.05) is 5.56 Å². The number of rotatable bonds is 5. The Morgan fingerprint density at radius 3 is 2.70 bits per heavy atom. The van der Waals surface area contributed by atoms with E-state index in [0.717, 1.165) is 11.1 Å². The summed E-state index contributed by atoms with van der Waals surface area (Å²) in [5.41, 5.74) is 1.31. The summed E-state index contributed by atoms with van der Waals surface area (Å²) < 4.78 is 5.30. The van der Waals surface area contributed by atoms with Crippen LogP contribution in [0.15, 0.2) is 18.2 Å². The van der Waals surface area contributed by atoms with Crippen LogP contribution in [-0.4, -0.2) is 22.5 Å². The van der Waals surface area contributed by atoms with Gasteiger partial charge in [-0.3, -0.25) is 4.79 Å². The van der Waals surface area contributed by atoms with Crippen LogP contribution >= 0.6 is 0 Å². The topological polar surface area (TPSA) is 75.6 Å². The highest BCUT2D eigenvalue weighted by atomic mass is 16.5. The van der Waals surface area contributed by atoms with E-state index in [1.807, 2.05) is 13.0 Å². The smallest absolute Gasteiger partial charge is 0.329 e. The van der Waals surface area contributed by atoms with Gasteiger partial charge in [-0.25, -0.2) is 4.79 Å². The number of fused-ring (bicyclic) bond motifs is 1. The number of benzene rings is 1. The molecule has 0 aliphatic carbocycles. The summed E-state index contributed by atoms with van der Waals surface area (Å²) in [6, 6.07) is 5.33. The first kappa shape index (κ1) is 14.5. The Labute approximate surface area is 117 Å². The van der Waals surface area contributed by atoms with Crippen molar-refractivity contribution in [1.29, 1.82) is 0 Å². The Morgan fingerprint density at radius 1 is 1.35 bits per heavy atom. The normalized spacial score (nSPS) is 16.3. The van der Waals surface area contributed by atoms with E-state index >= 15 is 0 Å². The summed E-state index contributed by atoms with van der Waals surface area (Å²) in [5.74, 6) is -1.38. The molecule has 0 fully saturated rings. The van der Waals surface area contributed by atoms with Crippen molar-refractivity contribution in [3.8, 4) is 0 Å². The van der Waals surface area contributed by atoms with Crippen molar-refractivity contribution >= 4 is 11.9 Å². The van der Waals surface area contributed by atoms with Crippen LogP contribution in [-0.2, 0) is 22.7 Å². The van der Waals surface area contributed by atoms with Crippen LogP contribution in [0.1, 0.15) is 48.2 Å². The molecule has 5 nitrogen and oxygen atoms in total. The van der Waals surface area contributed by atoms with Crippen LogP contribution in [0.4, 0.5) is 0 Å². The van der Waals surface area contributed by atoms with Gasteiger partial charge in [-0.15, -0.1) is 0 Å². The molecule has 0 saturated carbocycles. The molecule has 1 unspecified atom stereocenters. The second-order valence-corrected chi connectivity index (χ2v) is 5.32. The minimum Gasteiger partial charge on any atom is -0.480 e. The maximum Gasteiger partial charge on any atom is 0.329 e. The summed E-state index contributed by atoms with van der Waals surface area (Å²) in [6.45, 7) is 4.49. The lowest BCUT2D eigenvalue weighted by molar-refractivity contribution is -0.144. The molecule has 0 aromatic heterocycles. The third kappa shape index (κ3) is 2.82. The highest BCUT2D eigenvalue weighted by Gasteiger charge is 2.34. The highest BCUT2D eigenvalue weighted by molar-refractivity contribution is 5.98. The third-order valence-electron chi connectivity index (χ3n) is 3.60. The van der Waals surface area contributed by atoms with Crippen LogP contribution in [0.5, 0.6) is 0 Å². The molecule has 1 aliphatic heterocycles. The zero-order valence-electron chi connectivity index (χ0n) is 11.7. The maximum absolute atomic E-state index is 12.2. The van der Waals surface area contributed by atoms with Crippen molar-refractivity contribution in [2.24, 2.45) is 0 Å². The van der Waals surface area contributed by atoms with E-state index < -0.39 is 11.5 Å². The maximum atomic E-state index is 12.2. The van der Waals surface area contributed by atoms with Gasteiger partial charge < -0.3 is 15.2 Å². The monoisotopic (exact) mass is 277 g/mol. The summed E-state index contributed by atoms with van der Waals surface area (Å²) in [4.78, 5) is 23.6. The zero-order chi connectivity index (χ0) is 14.8. The van der Waals surface area contributed by atoms with Crippen molar-refractivity contribution in [2.45, 2.75) is 45.4 Å². The predicted molar refractivity (Wildman–Crippen MR) is 73.4 cm³/mol. The van der Waals surface area contributed by atoms with Gasteiger partial charge in [0.2, 0.25) is 0 Å². The second-order valence-electron chi connectivity index (χ2n) is 5.32. The fourth-order valence-corrected chi connectivity index (χ4v) is 2.36. The van der Waals surface area contributed by atoms with Gasteiger partial charge >= 0.3 is 5.97 Å². The molecule has 108 valence electrons.